The number of ether oxygens (including phenoxy) is 4. The molecule has 0 atom stereocenters. The average molecular weight is 474 g/mol. The summed E-state index contributed by atoms with van der Waals surface area (Å²) < 4.78 is 59.2. The molecule has 1 N–H and O–H groups in total. The smallest absolute Gasteiger partial charge is 0.407 e. The number of sulfone groups is 1. The zero-order chi connectivity index (χ0) is 23.6. The minimum absolute atomic E-state index is 0.0810. The highest BCUT2D eigenvalue weighted by molar-refractivity contribution is 7.91. The highest BCUT2D eigenvalue weighted by atomic mass is 32.2. The van der Waals surface area contributed by atoms with Crippen LogP contribution in [0.3, 0.4) is 0 Å². The topological polar surface area (TPSA) is 100 Å². The number of benzene rings is 1. The van der Waals surface area contributed by atoms with Crippen molar-refractivity contribution < 1.29 is 36.6 Å². The Morgan fingerprint density at radius 3 is 2.47 bits per heavy atom. The van der Waals surface area contributed by atoms with Crippen LogP contribution >= 0.6 is 0 Å². The van der Waals surface area contributed by atoms with Crippen LogP contribution in [0.4, 0.5) is 9.18 Å². The van der Waals surface area contributed by atoms with Crippen molar-refractivity contribution in [2.24, 2.45) is 5.92 Å². The summed E-state index contributed by atoms with van der Waals surface area (Å²) in [6.45, 7) is 6.73. The molecule has 1 fully saturated rings. The Balaban J connectivity index is 1.78. The Morgan fingerprint density at radius 2 is 1.88 bits per heavy atom. The summed E-state index contributed by atoms with van der Waals surface area (Å²) in [5.41, 5.74) is -0.466. The molecule has 180 valence electrons. The summed E-state index contributed by atoms with van der Waals surface area (Å²) >= 11 is 0. The number of hydrogen-bond donors (Lipinski definition) is 1. The molecule has 1 aliphatic rings. The summed E-state index contributed by atoms with van der Waals surface area (Å²) in [6, 6.07) is 5.81. The van der Waals surface area contributed by atoms with E-state index >= 15 is 0 Å². The van der Waals surface area contributed by atoms with Crippen LogP contribution in [-0.4, -0.2) is 59.0 Å². The fraction of sp³-hybridized carbons (Fsp3) is 0.591. The van der Waals surface area contributed by atoms with Crippen LogP contribution < -0.4 is 10.1 Å². The van der Waals surface area contributed by atoms with Gasteiger partial charge in [0.15, 0.2) is 5.94 Å². The van der Waals surface area contributed by atoms with Crippen LogP contribution in [-0.2, 0) is 24.0 Å². The Bertz CT molecular complexity index is 857. The Kier molecular flexibility index (Phi) is 9.92. The number of alkyl carbamates (subject to hydrolysis) is 1. The lowest BCUT2D eigenvalue weighted by molar-refractivity contribution is 0.0304. The van der Waals surface area contributed by atoms with Gasteiger partial charge in [-0.25, -0.2) is 17.6 Å². The molecule has 32 heavy (non-hydrogen) atoms. The van der Waals surface area contributed by atoms with E-state index in [1.54, 1.807) is 20.8 Å². The predicted octanol–water partition coefficient (Wildman–Crippen LogP) is 3.62. The molecule has 10 heteroatoms. The highest BCUT2D eigenvalue weighted by Gasteiger charge is 2.19. The average Bonchev–Trinajstić information content (AvgIpc) is 2.73. The van der Waals surface area contributed by atoms with E-state index in [0.717, 1.165) is 12.8 Å². The number of carbonyl (C=O) groups is 1. The summed E-state index contributed by atoms with van der Waals surface area (Å²) in [4.78, 5) is 11.8. The van der Waals surface area contributed by atoms with Gasteiger partial charge in [-0.2, -0.15) is 0 Å². The minimum Gasteiger partial charge on any atom is -0.489 e. The van der Waals surface area contributed by atoms with E-state index in [4.69, 9.17) is 18.9 Å². The van der Waals surface area contributed by atoms with E-state index in [-0.39, 0.29) is 23.6 Å². The van der Waals surface area contributed by atoms with Crippen LogP contribution in [0, 0.1) is 5.92 Å². The van der Waals surface area contributed by atoms with Crippen molar-refractivity contribution in [1.82, 2.24) is 5.32 Å². The SMILES string of the molecule is CC(C)(C)OC(=O)NC/C(=C\F)COc1ccc(S(=O)(=O)COCC2CCOCC2)cc1. The second kappa shape index (κ2) is 12.2. The zero-order valence-electron chi connectivity index (χ0n) is 18.8. The molecule has 1 saturated heterocycles. The minimum atomic E-state index is -3.59. The number of amides is 1. The van der Waals surface area contributed by atoms with Crippen molar-refractivity contribution in [3.8, 4) is 5.75 Å². The number of nitrogens with one attached hydrogen (secondary N) is 1. The Hall–Kier alpha value is -2.17. The van der Waals surface area contributed by atoms with Gasteiger partial charge < -0.3 is 24.3 Å². The largest absolute Gasteiger partial charge is 0.489 e. The molecule has 1 aliphatic heterocycles. The van der Waals surface area contributed by atoms with E-state index in [1.165, 1.54) is 24.3 Å². The molecule has 1 aromatic rings. The van der Waals surface area contributed by atoms with Crippen LogP contribution in [0.2, 0.25) is 0 Å². The van der Waals surface area contributed by atoms with E-state index in [9.17, 15) is 17.6 Å². The lowest BCUT2D eigenvalue weighted by Crippen LogP contribution is -2.34. The summed E-state index contributed by atoms with van der Waals surface area (Å²) in [5, 5.41) is 2.45. The first-order chi connectivity index (χ1) is 15.1. The first-order valence-corrected chi connectivity index (χ1v) is 12.1. The molecule has 1 aromatic carbocycles. The van der Waals surface area contributed by atoms with Gasteiger partial charge in [-0.3, -0.25) is 0 Å². The molecule has 0 aromatic heterocycles. The van der Waals surface area contributed by atoms with Crippen LogP contribution in [0.1, 0.15) is 33.6 Å². The predicted molar refractivity (Wildman–Crippen MR) is 117 cm³/mol. The third-order valence-corrected chi connectivity index (χ3v) is 6.02. The van der Waals surface area contributed by atoms with Crippen molar-refractivity contribution in [3.63, 3.8) is 0 Å². The molecule has 8 nitrogen and oxygen atoms in total. The van der Waals surface area contributed by atoms with Gasteiger partial charge >= 0.3 is 6.09 Å². The van der Waals surface area contributed by atoms with Crippen LogP contribution in [0.15, 0.2) is 41.1 Å². The first kappa shape index (κ1) is 26.1. The molecule has 0 aliphatic carbocycles. The number of hydrogen-bond acceptors (Lipinski definition) is 7. The number of carbonyl (C=O) groups excluding carboxylic acids is 1. The van der Waals surface area contributed by atoms with Crippen molar-refractivity contribution >= 4 is 15.9 Å². The summed E-state index contributed by atoms with van der Waals surface area (Å²) in [6.07, 6.45) is 1.43. The van der Waals surface area contributed by atoms with E-state index in [1.807, 2.05) is 0 Å². The van der Waals surface area contributed by atoms with Gasteiger partial charge in [0.2, 0.25) is 9.84 Å². The zero-order valence-corrected chi connectivity index (χ0v) is 19.6. The quantitative estimate of drug-likeness (QED) is 0.554. The fourth-order valence-corrected chi connectivity index (χ4v) is 3.85. The second-order valence-electron chi connectivity index (χ2n) is 8.54. The Labute approximate surface area is 189 Å². The van der Waals surface area contributed by atoms with Gasteiger partial charge in [-0.15, -0.1) is 0 Å². The maximum atomic E-state index is 13.1. The first-order valence-electron chi connectivity index (χ1n) is 10.4. The molecule has 0 bridgehead atoms. The standard InChI is InChI=1S/C22H32FNO7S/c1-22(2,3)31-21(25)24-13-18(12-23)15-30-19-4-6-20(7-5-19)32(26,27)16-29-14-17-8-10-28-11-9-17/h4-7,12,17H,8-11,13-16H2,1-3H3,(H,24,25)/b18-12+. The van der Waals surface area contributed by atoms with Crippen molar-refractivity contribution in [3.05, 3.63) is 36.2 Å². The van der Waals surface area contributed by atoms with Gasteiger partial charge in [0.1, 0.15) is 18.0 Å². The third-order valence-electron chi connectivity index (χ3n) is 4.55. The van der Waals surface area contributed by atoms with Crippen molar-refractivity contribution in [2.45, 2.75) is 44.1 Å². The number of rotatable bonds is 10. The molecular formula is C22H32FNO7S. The molecule has 0 unspecified atom stereocenters. The molecule has 2 rings (SSSR count). The summed E-state index contributed by atoms with van der Waals surface area (Å²) in [7, 11) is -3.59. The van der Waals surface area contributed by atoms with Gasteiger partial charge in [0, 0.05) is 25.3 Å². The molecule has 0 spiro atoms. The molecule has 0 radical (unpaired) electrons. The van der Waals surface area contributed by atoms with E-state index in [0.29, 0.717) is 37.8 Å². The van der Waals surface area contributed by atoms with Gasteiger partial charge in [0.25, 0.3) is 0 Å². The van der Waals surface area contributed by atoms with Crippen LogP contribution in [0.25, 0.3) is 0 Å². The number of halogens is 1. The highest BCUT2D eigenvalue weighted by Crippen LogP contribution is 2.19. The maximum Gasteiger partial charge on any atom is 0.407 e. The fourth-order valence-electron chi connectivity index (χ4n) is 2.85. The van der Waals surface area contributed by atoms with E-state index < -0.39 is 27.5 Å². The maximum absolute atomic E-state index is 13.1. The lowest BCUT2D eigenvalue weighted by atomic mass is 10.0. The normalized spacial score (nSPS) is 15.9. The van der Waals surface area contributed by atoms with E-state index in [2.05, 4.69) is 5.32 Å². The molecule has 1 amide bonds. The van der Waals surface area contributed by atoms with Gasteiger partial charge in [0.05, 0.1) is 17.8 Å². The Morgan fingerprint density at radius 1 is 1.22 bits per heavy atom. The summed E-state index contributed by atoms with van der Waals surface area (Å²) in [5.74, 6) is 0.288. The molecular weight excluding hydrogens is 441 g/mol. The third kappa shape index (κ3) is 9.54. The van der Waals surface area contributed by atoms with Crippen molar-refractivity contribution in [2.75, 3.05) is 38.9 Å². The second-order valence-corrected chi connectivity index (χ2v) is 10.5. The van der Waals surface area contributed by atoms with Gasteiger partial charge in [-0.05, 0) is 63.8 Å². The van der Waals surface area contributed by atoms with Gasteiger partial charge in [-0.1, -0.05) is 0 Å². The van der Waals surface area contributed by atoms with Crippen molar-refractivity contribution in [1.29, 1.82) is 0 Å². The van der Waals surface area contributed by atoms with Crippen LogP contribution in [0.5, 0.6) is 5.75 Å². The monoisotopic (exact) mass is 473 g/mol. The lowest BCUT2D eigenvalue weighted by Gasteiger charge is -2.21. The molecule has 0 saturated carbocycles. The molecule has 1 heterocycles.